The van der Waals surface area contributed by atoms with Crippen LogP contribution in [0.4, 0.5) is 0 Å². The Kier molecular flexibility index (Phi) is 0.819. The Labute approximate surface area is 63.4 Å². The van der Waals surface area contributed by atoms with Crippen LogP contribution in [-0.4, -0.2) is 30.2 Å². The van der Waals surface area contributed by atoms with Gasteiger partial charge >= 0.3 is 0 Å². The van der Waals surface area contributed by atoms with Crippen molar-refractivity contribution in [3.8, 4) is 0 Å². The maximum absolute atomic E-state index is 9.43. The molecular formula is C7H8O4. The fourth-order valence-electron chi connectivity index (χ4n) is 1.75. The second-order valence-corrected chi connectivity index (χ2v) is 3.10. The predicted molar refractivity (Wildman–Crippen MR) is 33.8 cm³/mol. The Hall–Kier alpha value is -0.740. The molecule has 60 valence electrons. The summed E-state index contributed by atoms with van der Waals surface area (Å²) in [7, 11) is 0. The fraction of sp³-hybridized carbons (Fsp3) is 0.714. The van der Waals surface area contributed by atoms with Gasteiger partial charge in [0.1, 0.15) is 18.5 Å². The molecule has 0 saturated carbocycles. The summed E-state index contributed by atoms with van der Waals surface area (Å²) in [5.74, 6) is 0.320. The van der Waals surface area contributed by atoms with Crippen LogP contribution in [0.2, 0.25) is 0 Å². The first-order chi connectivity index (χ1) is 5.29. The van der Waals surface area contributed by atoms with Crippen LogP contribution >= 0.6 is 0 Å². The highest BCUT2D eigenvalue weighted by Gasteiger charge is 2.54. The number of ether oxygens (including phenoxy) is 3. The predicted octanol–water partition coefficient (Wildman–Crippen LogP) is 0.302. The third-order valence-electron chi connectivity index (χ3n) is 2.34. The molecule has 2 fully saturated rings. The quantitative estimate of drug-likeness (QED) is 0.548. The minimum absolute atomic E-state index is 0.218. The molecule has 0 aliphatic carbocycles. The minimum Gasteiger partial charge on any atom is -0.506 e. The van der Waals surface area contributed by atoms with E-state index in [2.05, 4.69) is 0 Å². The Morgan fingerprint density at radius 2 is 2.45 bits per heavy atom. The van der Waals surface area contributed by atoms with Gasteiger partial charge in [0.25, 0.3) is 0 Å². The highest BCUT2D eigenvalue weighted by molar-refractivity contribution is 5.18. The molecule has 0 amide bonds. The summed E-state index contributed by atoms with van der Waals surface area (Å²) in [6.07, 6.45) is 0.288. The van der Waals surface area contributed by atoms with Gasteiger partial charge in [-0.1, -0.05) is 0 Å². The van der Waals surface area contributed by atoms with E-state index in [4.69, 9.17) is 14.2 Å². The van der Waals surface area contributed by atoms with E-state index in [1.165, 1.54) is 0 Å². The molecule has 2 saturated heterocycles. The summed E-state index contributed by atoms with van der Waals surface area (Å²) in [5, 5.41) is 9.43. The zero-order valence-electron chi connectivity index (χ0n) is 5.87. The van der Waals surface area contributed by atoms with Gasteiger partial charge in [0, 0.05) is 0 Å². The van der Waals surface area contributed by atoms with Gasteiger partial charge in [-0.2, -0.15) is 0 Å². The Balaban J connectivity index is 2.14. The molecule has 4 nitrogen and oxygen atoms in total. The Bertz CT molecular complexity index is 247. The van der Waals surface area contributed by atoms with Gasteiger partial charge in [-0.3, -0.25) is 0 Å². The summed E-state index contributed by atoms with van der Waals surface area (Å²) in [5.41, 5.74) is 0. The molecular weight excluding hydrogens is 148 g/mol. The van der Waals surface area contributed by atoms with Crippen molar-refractivity contribution in [3.63, 3.8) is 0 Å². The topological polar surface area (TPSA) is 47.9 Å². The molecule has 0 aromatic rings. The van der Waals surface area contributed by atoms with Gasteiger partial charge in [0.05, 0.1) is 13.0 Å². The van der Waals surface area contributed by atoms with Gasteiger partial charge in [0.2, 0.25) is 5.79 Å². The first kappa shape index (κ1) is 5.85. The van der Waals surface area contributed by atoms with Crippen LogP contribution in [0.25, 0.3) is 0 Å². The SMILES string of the molecule is OC1=C2CC3(CO2)OCC1O3. The molecule has 1 spiro atoms. The maximum atomic E-state index is 9.43. The Morgan fingerprint density at radius 1 is 1.55 bits per heavy atom. The molecule has 11 heavy (non-hydrogen) atoms. The summed E-state index contributed by atoms with van der Waals surface area (Å²) in [4.78, 5) is 0. The van der Waals surface area contributed by atoms with Crippen molar-refractivity contribution in [3.05, 3.63) is 11.5 Å². The lowest BCUT2D eigenvalue weighted by molar-refractivity contribution is -0.164. The summed E-state index contributed by atoms with van der Waals surface area (Å²) < 4.78 is 16.0. The van der Waals surface area contributed by atoms with Gasteiger partial charge < -0.3 is 19.3 Å². The highest BCUT2D eigenvalue weighted by Crippen LogP contribution is 2.44. The Morgan fingerprint density at radius 3 is 3.36 bits per heavy atom. The lowest BCUT2D eigenvalue weighted by atomic mass is 10.1. The summed E-state index contributed by atoms with van der Waals surface area (Å²) in [6.45, 7) is 0.877. The standard InChI is InChI=1S/C7H8O4/c8-6-4-1-7(3-9-4)10-2-5(6)11-7/h5,8H,1-3H2. The normalized spacial score (nSPS) is 46.4. The molecule has 0 radical (unpaired) electrons. The van der Waals surface area contributed by atoms with E-state index >= 15 is 0 Å². The zero-order valence-corrected chi connectivity index (χ0v) is 5.87. The van der Waals surface area contributed by atoms with Crippen molar-refractivity contribution in [2.24, 2.45) is 0 Å². The summed E-state index contributed by atoms with van der Waals surface area (Å²) in [6, 6.07) is 0. The molecule has 2 unspecified atom stereocenters. The van der Waals surface area contributed by atoms with Crippen LogP contribution < -0.4 is 0 Å². The van der Waals surface area contributed by atoms with E-state index in [1.54, 1.807) is 0 Å². The molecule has 3 heterocycles. The monoisotopic (exact) mass is 156 g/mol. The molecule has 2 atom stereocenters. The number of rotatable bonds is 0. The lowest BCUT2D eigenvalue weighted by Crippen LogP contribution is -2.32. The first-order valence-corrected chi connectivity index (χ1v) is 3.66. The van der Waals surface area contributed by atoms with Gasteiger partial charge in [-0.25, -0.2) is 0 Å². The molecule has 0 aromatic heterocycles. The summed E-state index contributed by atoms with van der Waals surface area (Å²) >= 11 is 0. The first-order valence-electron chi connectivity index (χ1n) is 3.66. The third-order valence-corrected chi connectivity index (χ3v) is 2.34. The van der Waals surface area contributed by atoms with Crippen molar-refractivity contribution < 1.29 is 19.3 Å². The highest BCUT2D eigenvalue weighted by atomic mass is 16.8. The second-order valence-electron chi connectivity index (χ2n) is 3.10. The lowest BCUT2D eigenvalue weighted by Gasteiger charge is -2.20. The van der Waals surface area contributed by atoms with E-state index < -0.39 is 5.79 Å². The van der Waals surface area contributed by atoms with Crippen LogP contribution in [0.1, 0.15) is 6.42 Å². The fourth-order valence-corrected chi connectivity index (χ4v) is 1.75. The number of aliphatic hydroxyl groups is 1. The molecule has 3 aliphatic heterocycles. The molecule has 3 aliphatic rings. The van der Waals surface area contributed by atoms with Crippen LogP contribution in [0.3, 0.4) is 0 Å². The smallest absolute Gasteiger partial charge is 0.211 e. The van der Waals surface area contributed by atoms with E-state index in [1.807, 2.05) is 0 Å². The van der Waals surface area contributed by atoms with Crippen molar-refractivity contribution >= 4 is 0 Å². The van der Waals surface area contributed by atoms with E-state index in [0.29, 0.717) is 25.4 Å². The second kappa shape index (κ2) is 1.54. The molecule has 4 heteroatoms. The largest absolute Gasteiger partial charge is 0.506 e. The minimum atomic E-state index is -0.549. The number of aliphatic hydroxyl groups excluding tert-OH is 1. The average Bonchev–Trinajstić information content (AvgIpc) is 2.54. The molecule has 3 rings (SSSR count). The number of fused-ring (bicyclic) bond motifs is 2. The van der Waals surface area contributed by atoms with Crippen molar-refractivity contribution in [2.45, 2.75) is 18.3 Å². The van der Waals surface area contributed by atoms with Gasteiger partial charge in [-0.15, -0.1) is 0 Å². The van der Waals surface area contributed by atoms with Crippen LogP contribution in [0.15, 0.2) is 11.5 Å². The van der Waals surface area contributed by atoms with Crippen LogP contribution in [0.5, 0.6) is 0 Å². The van der Waals surface area contributed by atoms with Gasteiger partial charge in [0.15, 0.2) is 5.76 Å². The van der Waals surface area contributed by atoms with Crippen LogP contribution in [-0.2, 0) is 14.2 Å². The van der Waals surface area contributed by atoms with Crippen LogP contribution in [0, 0.1) is 0 Å². The van der Waals surface area contributed by atoms with E-state index in [-0.39, 0.29) is 11.9 Å². The zero-order chi connectivity index (χ0) is 7.47. The average molecular weight is 156 g/mol. The molecule has 1 N–H and O–H groups in total. The third kappa shape index (κ3) is 0.570. The number of hydrogen-bond donors (Lipinski definition) is 1. The van der Waals surface area contributed by atoms with E-state index in [0.717, 1.165) is 0 Å². The van der Waals surface area contributed by atoms with Gasteiger partial charge in [-0.05, 0) is 0 Å². The maximum Gasteiger partial charge on any atom is 0.211 e. The van der Waals surface area contributed by atoms with E-state index in [9.17, 15) is 5.11 Å². The molecule has 3 bridgehead atoms. The number of hydrogen-bond acceptors (Lipinski definition) is 4. The van der Waals surface area contributed by atoms with Crippen molar-refractivity contribution in [1.29, 1.82) is 0 Å². The van der Waals surface area contributed by atoms with Crippen molar-refractivity contribution in [1.82, 2.24) is 0 Å². The molecule has 0 aromatic carbocycles. The van der Waals surface area contributed by atoms with Crippen molar-refractivity contribution in [2.75, 3.05) is 13.2 Å².